The zero-order valence-electron chi connectivity index (χ0n) is 16.0. The molecule has 1 unspecified atom stereocenters. The molecule has 0 radical (unpaired) electrons. The molecule has 6 heteroatoms. The molecule has 4 nitrogen and oxygen atoms in total. The van der Waals surface area contributed by atoms with Crippen LogP contribution in [0.2, 0.25) is 0 Å². The first-order valence-corrected chi connectivity index (χ1v) is 10.1. The number of benzene rings is 1. The molecule has 1 atom stereocenters. The molecule has 0 heterocycles. The molecule has 0 aliphatic heterocycles. The number of thioether (sulfide) groups is 1. The van der Waals surface area contributed by atoms with Gasteiger partial charge >= 0.3 is 0 Å². The van der Waals surface area contributed by atoms with Crippen LogP contribution in [0.25, 0.3) is 0 Å². The van der Waals surface area contributed by atoms with E-state index in [1.165, 1.54) is 10.5 Å². The number of hydrogen-bond acceptors (Lipinski definition) is 3. The highest BCUT2D eigenvalue weighted by Gasteiger charge is 2.10. The van der Waals surface area contributed by atoms with Crippen molar-refractivity contribution in [2.24, 2.45) is 10.9 Å². The lowest BCUT2D eigenvalue weighted by molar-refractivity contribution is 0.253. The van der Waals surface area contributed by atoms with Crippen molar-refractivity contribution in [1.82, 2.24) is 10.2 Å². The van der Waals surface area contributed by atoms with Crippen molar-refractivity contribution in [3.05, 3.63) is 29.8 Å². The molecule has 0 spiro atoms. The lowest BCUT2D eigenvalue weighted by Crippen LogP contribution is -2.38. The van der Waals surface area contributed by atoms with Gasteiger partial charge in [0.15, 0.2) is 5.96 Å². The van der Waals surface area contributed by atoms with E-state index >= 15 is 0 Å². The van der Waals surface area contributed by atoms with E-state index < -0.39 is 0 Å². The largest absolute Gasteiger partial charge is 0.396 e. The molecular weight excluding hydrogens is 445 g/mol. The van der Waals surface area contributed by atoms with Crippen LogP contribution in [0.3, 0.4) is 0 Å². The number of aliphatic hydroxyl groups excluding tert-OH is 1. The van der Waals surface area contributed by atoms with Gasteiger partial charge in [0.2, 0.25) is 0 Å². The summed E-state index contributed by atoms with van der Waals surface area (Å²) < 4.78 is 0. The van der Waals surface area contributed by atoms with Crippen molar-refractivity contribution in [3.63, 3.8) is 0 Å². The fraction of sp³-hybridized carbons (Fsp3) is 0.632. The Bertz CT molecular complexity index is 476. The Morgan fingerprint density at radius 1 is 1.24 bits per heavy atom. The Hall–Kier alpha value is -0.470. The Morgan fingerprint density at radius 2 is 1.92 bits per heavy atom. The van der Waals surface area contributed by atoms with Crippen molar-refractivity contribution in [2.75, 3.05) is 33.0 Å². The van der Waals surface area contributed by atoms with Crippen molar-refractivity contribution in [3.8, 4) is 0 Å². The first-order valence-electron chi connectivity index (χ1n) is 8.87. The van der Waals surface area contributed by atoms with Crippen LogP contribution in [0.4, 0.5) is 0 Å². The Labute approximate surface area is 174 Å². The molecule has 0 saturated heterocycles. The molecule has 0 bridgehead atoms. The Balaban J connectivity index is 0.00000576. The van der Waals surface area contributed by atoms with Crippen LogP contribution in [-0.2, 0) is 6.54 Å². The molecule has 0 amide bonds. The maximum absolute atomic E-state index is 9.20. The third-order valence-electron chi connectivity index (χ3n) is 4.01. The smallest absolute Gasteiger partial charge is 0.193 e. The standard InChI is InChI=1S/C19H33N3OS.HI/c1-5-7-16(12-13-23)14-21-19(20-6-2)22(3)15-17-8-10-18(24-4)11-9-17;/h8-11,16,23H,5-7,12-15H2,1-4H3,(H,20,21);1H. The number of aliphatic imine (C=N–C) groups is 1. The number of hydrogen-bond donors (Lipinski definition) is 2. The fourth-order valence-corrected chi connectivity index (χ4v) is 3.09. The number of guanidine groups is 1. The predicted octanol–water partition coefficient (Wildman–Crippen LogP) is 4.22. The first kappa shape index (κ1) is 24.5. The Kier molecular flexibility index (Phi) is 14.4. The van der Waals surface area contributed by atoms with Crippen molar-refractivity contribution < 1.29 is 5.11 Å². The normalized spacial score (nSPS) is 12.4. The van der Waals surface area contributed by atoms with Gasteiger partial charge in [0.25, 0.3) is 0 Å². The van der Waals surface area contributed by atoms with E-state index in [1.807, 2.05) is 0 Å². The topological polar surface area (TPSA) is 47.9 Å². The summed E-state index contributed by atoms with van der Waals surface area (Å²) in [5.74, 6) is 1.40. The van der Waals surface area contributed by atoms with Gasteiger partial charge in [-0.25, -0.2) is 0 Å². The monoisotopic (exact) mass is 479 g/mol. The summed E-state index contributed by atoms with van der Waals surface area (Å²) in [6, 6.07) is 8.68. The number of rotatable bonds is 10. The zero-order valence-corrected chi connectivity index (χ0v) is 19.1. The molecule has 1 aromatic carbocycles. The zero-order chi connectivity index (χ0) is 17.8. The summed E-state index contributed by atoms with van der Waals surface area (Å²) in [4.78, 5) is 8.25. The van der Waals surface area contributed by atoms with Crippen LogP contribution < -0.4 is 5.32 Å². The number of nitrogens with zero attached hydrogens (tertiary/aromatic N) is 2. The summed E-state index contributed by atoms with van der Waals surface area (Å²) in [7, 11) is 2.07. The molecule has 2 N–H and O–H groups in total. The predicted molar refractivity (Wildman–Crippen MR) is 121 cm³/mol. The van der Waals surface area contributed by atoms with E-state index in [1.54, 1.807) is 11.8 Å². The molecule has 0 aliphatic rings. The van der Waals surface area contributed by atoms with Gasteiger partial charge in [-0.1, -0.05) is 25.5 Å². The second kappa shape index (κ2) is 14.7. The molecule has 25 heavy (non-hydrogen) atoms. The maximum atomic E-state index is 9.20. The highest BCUT2D eigenvalue weighted by atomic mass is 127. The lowest BCUT2D eigenvalue weighted by Gasteiger charge is -2.23. The van der Waals surface area contributed by atoms with E-state index in [0.29, 0.717) is 5.92 Å². The summed E-state index contributed by atoms with van der Waals surface area (Å²) >= 11 is 1.76. The maximum Gasteiger partial charge on any atom is 0.193 e. The summed E-state index contributed by atoms with van der Waals surface area (Å²) in [6.45, 7) is 6.98. The van der Waals surface area contributed by atoms with Crippen LogP contribution >= 0.6 is 35.7 Å². The van der Waals surface area contributed by atoms with Crippen LogP contribution in [0, 0.1) is 5.92 Å². The average Bonchev–Trinajstić information content (AvgIpc) is 2.59. The molecule has 1 aromatic rings. The van der Waals surface area contributed by atoms with Gasteiger partial charge in [-0.2, -0.15) is 0 Å². The highest BCUT2D eigenvalue weighted by Crippen LogP contribution is 2.16. The van der Waals surface area contributed by atoms with E-state index in [9.17, 15) is 5.11 Å². The van der Waals surface area contributed by atoms with Gasteiger partial charge in [-0.15, -0.1) is 35.7 Å². The molecule has 1 rings (SSSR count). The molecule has 144 valence electrons. The third-order valence-corrected chi connectivity index (χ3v) is 4.75. The van der Waals surface area contributed by atoms with E-state index in [0.717, 1.165) is 44.9 Å². The molecule has 0 saturated carbocycles. The number of nitrogens with one attached hydrogen (secondary N) is 1. The van der Waals surface area contributed by atoms with E-state index in [4.69, 9.17) is 4.99 Å². The number of aliphatic hydroxyl groups is 1. The first-order chi connectivity index (χ1) is 11.6. The second-order valence-electron chi connectivity index (χ2n) is 6.07. The van der Waals surface area contributed by atoms with Crippen LogP contribution in [0.1, 0.15) is 38.7 Å². The minimum absolute atomic E-state index is 0. The van der Waals surface area contributed by atoms with E-state index in [2.05, 4.69) is 61.6 Å². The fourth-order valence-electron chi connectivity index (χ4n) is 2.68. The quantitative estimate of drug-likeness (QED) is 0.228. The van der Waals surface area contributed by atoms with Gasteiger partial charge in [0, 0.05) is 38.2 Å². The van der Waals surface area contributed by atoms with Crippen molar-refractivity contribution in [1.29, 1.82) is 0 Å². The van der Waals surface area contributed by atoms with Crippen molar-refractivity contribution >= 4 is 41.7 Å². The van der Waals surface area contributed by atoms with Gasteiger partial charge in [-0.05, 0) is 49.6 Å². The summed E-state index contributed by atoms with van der Waals surface area (Å²) in [6.07, 6.45) is 5.17. The van der Waals surface area contributed by atoms with E-state index in [-0.39, 0.29) is 30.6 Å². The number of halogens is 1. The minimum Gasteiger partial charge on any atom is -0.396 e. The van der Waals surface area contributed by atoms with Crippen LogP contribution in [-0.4, -0.2) is 49.0 Å². The van der Waals surface area contributed by atoms with Crippen molar-refractivity contribution in [2.45, 2.75) is 44.6 Å². The summed E-state index contributed by atoms with van der Waals surface area (Å²) in [5, 5.41) is 12.6. The summed E-state index contributed by atoms with van der Waals surface area (Å²) in [5.41, 5.74) is 1.28. The SMILES string of the molecule is CCCC(CCO)CN=C(NCC)N(C)Cc1ccc(SC)cc1.I. The Morgan fingerprint density at radius 3 is 2.44 bits per heavy atom. The average molecular weight is 479 g/mol. The van der Waals surface area contributed by atoms with Gasteiger partial charge in [0.05, 0.1) is 0 Å². The van der Waals surface area contributed by atoms with Gasteiger partial charge in [0.1, 0.15) is 0 Å². The third kappa shape index (κ3) is 9.70. The molecule has 0 fully saturated rings. The lowest BCUT2D eigenvalue weighted by atomic mass is 10.0. The van der Waals surface area contributed by atoms with Crippen LogP contribution in [0.5, 0.6) is 0 Å². The molecule has 0 aromatic heterocycles. The highest BCUT2D eigenvalue weighted by molar-refractivity contribution is 14.0. The second-order valence-corrected chi connectivity index (χ2v) is 6.95. The molecule has 0 aliphatic carbocycles. The van der Waals surface area contributed by atoms with Gasteiger partial charge < -0.3 is 15.3 Å². The minimum atomic E-state index is 0. The van der Waals surface area contributed by atoms with Gasteiger partial charge in [-0.3, -0.25) is 4.99 Å². The van der Waals surface area contributed by atoms with Crippen LogP contribution in [0.15, 0.2) is 34.2 Å². The molecular formula is C19H34IN3OS.